The molecule has 156 valence electrons. The molecule has 8 heteroatoms. The summed E-state index contributed by atoms with van der Waals surface area (Å²) < 4.78 is 43.0. The summed E-state index contributed by atoms with van der Waals surface area (Å²) in [5.41, 5.74) is 0.851. The number of sulfone groups is 1. The molecule has 3 rings (SSSR count). The van der Waals surface area contributed by atoms with E-state index in [1.54, 1.807) is 17.0 Å². The number of nitrogens with zero attached hydrogens (tertiary/aromatic N) is 1. The predicted molar refractivity (Wildman–Crippen MR) is 110 cm³/mol. The van der Waals surface area contributed by atoms with E-state index >= 15 is 0 Å². The normalized spacial score (nSPS) is 18.9. The maximum Gasteiger partial charge on any atom is 0.264 e. The lowest BCUT2D eigenvalue weighted by Gasteiger charge is -2.32. The van der Waals surface area contributed by atoms with Crippen molar-refractivity contribution in [2.45, 2.75) is 38.5 Å². The van der Waals surface area contributed by atoms with Crippen LogP contribution in [0.5, 0.6) is 5.75 Å². The van der Waals surface area contributed by atoms with Crippen molar-refractivity contribution < 1.29 is 22.3 Å². The Bertz CT molecular complexity index is 948. The van der Waals surface area contributed by atoms with Crippen LogP contribution in [0.15, 0.2) is 48.5 Å². The van der Waals surface area contributed by atoms with E-state index in [1.165, 1.54) is 24.3 Å². The van der Waals surface area contributed by atoms with E-state index < -0.39 is 27.8 Å². The fraction of sp³-hybridized carbons (Fsp3) is 0.381. The molecule has 2 aromatic rings. The first kappa shape index (κ1) is 21.6. The maximum atomic E-state index is 13.3. The summed E-state index contributed by atoms with van der Waals surface area (Å²) >= 11 is 5.94. The fourth-order valence-corrected chi connectivity index (χ4v) is 5.22. The van der Waals surface area contributed by atoms with Crippen LogP contribution < -0.4 is 4.74 Å². The van der Waals surface area contributed by atoms with E-state index in [4.69, 9.17) is 16.3 Å². The van der Waals surface area contributed by atoms with Crippen molar-refractivity contribution in [3.63, 3.8) is 0 Å². The van der Waals surface area contributed by atoms with E-state index in [0.29, 0.717) is 23.6 Å². The number of benzene rings is 2. The number of halogens is 2. The van der Waals surface area contributed by atoms with Crippen molar-refractivity contribution in [2.24, 2.45) is 0 Å². The van der Waals surface area contributed by atoms with Crippen molar-refractivity contribution in [3.05, 3.63) is 64.9 Å². The molecular formula is C21H23ClFNO4S. The molecular weight excluding hydrogens is 417 g/mol. The highest BCUT2D eigenvalue weighted by Gasteiger charge is 2.37. The molecule has 1 amide bonds. The van der Waals surface area contributed by atoms with Gasteiger partial charge in [-0.2, -0.15) is 0 Å². The van der Waals surface area contributed by atoms with Gasteiger partial charge in [-0.15, -0.1) is 0 Å². The first-order valence-corrected chi connectivity index (χ1v) is 11.6. The lowest BCUT2D eigenvalue weighted by Crippen LogP contribution is -2.47. The van der Waals surface area contributed by atoms with Crippen molar-refractivity contribution in [2.75, 3.05) is 11.5 Å². The molecule has 2 unspecified atom stereocenters. The van der Waals surface area contributed by atoms with Crippen molar-refractivity contribution in [1.82, 2.24) is 4.90 Å². The first-order chi connectivity index (χ1) is 13.8. The monoisotopic (exact) mass is 439 g/mol. The van der Waals surface area contributed by atoms with Crippen molar-refractivity contribution in [3.8, 4) is 5.75 Å². The average molecular weight is 440 g/mol. The van der Waals surface area contributed by atoms with Crippen LogP contribution in [0.2, 0.25) is 5.02 Å². The zero-order valence-corrected chi connectivity index (χ0v) is 17.6. The molecule has 29 heavy (non-hydrogen) atoms. The van der Waals surface area contributed by atoms with Gasteiger partial charge in [0.15, 0.2) is 15.9 Å². The Morgan fingerprint density at radius 3 is 2.41 bits per heavy atom. The standard InChI is InChI=1S/C21H23ClFNO4S/c1-2-20(28-19-9-7-17(23)8-10-19)21(25)24(18-11-12-29(26,27)14-18)13-15-3-5-16(22)6-4-15/h3-10,18,20H,2,11-14H2,1H3. The minimum atomic E-state index is -3.17. The van der Waals surface area contributed by atoms with Crippen LogP contribution in [-0.4, -0.2) is 42.9 Å². The quantitative estimate of drug-likeness (QED) is 0.657. The molecule has 1 fully saturated rings. The second-order valence-corrected chi connectivity index (χ2v) is 9.78. The van der Waals surface area contributed by atoms with Gasteiger partial charge in [0.1, 0.15) is 11.6 Å². The SMILES string of the molecule is CCC(Oc1ccc(F)cc1)C(=O)N(Cc1ccc(Cl)cc1)C1CCS(=O)(=O)C1. The van der Waals surface area contributed by atoms with Crippen LogP contribution >= 0.6 is 11.6 Å². The van der Waals surface area contributed by atoms with Crippen LogP contribution in [0.25, 0.3) is 0 Å². The Morgan fingerprint density at radius 2 is 1.86 bits per heavy atom. The third kappa shape index (κ3) is 5.70. The molecule has 1 saturated heterocycles. The van der Waals surface area contributed by atoms with Gasteiger partial charge in [-0.05, 0) is 54.8 Å². The summed E-state index contributed by atoms with van der Waals surface area (Å²) in [4.78, 5) is 14.9. The van der Waals surface area contributed by atoms with Crippen LogP contribution in [0.4, 0.5) is 4.39 Å². The molecule has 1 aliphatic rings. The molecule has 0 N–H and O–H groups in total. The van der Waals surface area contributed by atoms with Crippen molar-refractivity contribution >= 4 is 27.3 Å². The summed E-state index contributed by atoms with van der Waals surface area (Å²) in [6, 6.07) is 12.2. The van der Waals surface area contributed by atoms with Gasteiger partial charge in [0.2, 0.25) is 0 Å². The number of hydrogen-bond donors (Lipinski definition) is 0. The second-order valence-electron chi connectivity index (χ2n) is 7.12. The van der Waals surface area contributed by atoms with E-state index in [2.05, 4.69) is 0 Å². The summed E-state index contributed by atoms with van der Waals surface area (Å²) in [6.45, 7) is 2.08. The average Bonchev–Trinajstić information content (AvgIpc) is 3.06. The molecule has 0 radical (unpaired) electrons. The summed E-state index contributed by atoms with van der Waals surface area (Å²) in [5, 5.41) is 0.584. The fourth-order valence-electron chi connectivity index (χ4n) is 3.37. The summed E-state index contributed by atoms with van der Waals surface area (Å²) in [7, 11) is -3.17. The number of rotatable bonds is 7. The maximum absolute atomic E-state index is 13.3. The molecule has 0 aliphatic carbocycles. The predicted octanol–water partition coefficient (Wildman–Crippen LogP) is 3.85. The highest BCUT2D eigenvalue weighted by atomic mass is 35.5. The number of hydrogen-bond acceptors (Lipinski definition) is 4. The van der Waals surface area contributed by atoms with Gasteiger partial charge >= 0.3 is 0 Å². The molecule has 5 nitrogen and oxygen atoms in total. The largest absolute Gasteiger partial charge is 0.481 e. The zero-order valence-electron chi connectivity index (χ0n) is 16.1. The molecule has 1 aliphatic heterocycles. The Hall–Kier alpha value is -2.12. The number of carbonyl (C=O) groups excluding carboxylic acids is 1. The number of amides is 1. The van der Waals surface area contributed by atoms with Crippen LogP contribution in [0.3, 0.4) is 0 Å². The van der Waals surface area contributed by atoms with Gasteiger partial charge in [0.25, 0.3) is 5.91 Å². The second kappa shape index (κ2) is 9.13. The van der Waals surface area contributed by atoms with Gasteiger partial charge in [0, 0.05) is 17.6 Å². The zero-order chi connectivity index (χ0) is 21.0. The molecule has 2 aromatic carbocycles. The van der Waals surface area contributed by atoms with Crippen molar-refractivity contribution in [1.29, 1.82) is 0 Å². The summed E-state index contributed by atoms with van der Waals surface area (Å²) in [6.07, 6.45) is -0.00221. The minimum Gasteiger partial charge on any atom is -0.481 e. The Morgan fingerprint density at radius 1 is 1.21 bits per heavy atom. The topological polar surface area (TPSA) is 63.7 Å². The van der Waals surface area contributed by atoms with Gasteiger partial charge in [-0.1, -0.05) is 30.7 Å². The van der Waals surface area contributed by atoms with Gasteiger partial charge in [-0.25, -0.2) is 12.8 Å². The van der Waals surface area contributed by atoms with E-state index in [9.17, 15) is 17.6 Å². The first-order valence-electron chi connectivity index (χ1n) is 9.45. The molecule has 0 bridgehead atoms. The minimum absolute atomic E-state index is 0.0562. The Kier molecular flexibility index (Phi) is 6.80. The van der Waals surface area contributed by atoms with Crippen LogP contribution in [0.1, 0.15) is 25.3 Å². The summed E-state index contributed by atoms with van der Waals surface area (Å²) in [5.74, 6) is -0.278. The number of carbonyl (C=O) groups is 1. The lowest BCUT2D eigenvalue weighted by atomic mass is 10.1. The van der Waals surface area contributed by atoms with E-state index in [1.807, 2.05) is 19.1 Å². The van der Waals surface area contributed by atoms with Gasteiger partial charge in [-0.3, -0.25) is 4.79 Å². The molecule has 0 aromatic heterocycles. The van der Waals surface area contributed by atoms with E-state index in [0.717, 1.165) is 5.56 Å². The van der Waals surface area contributed by atoms with E-state index in [-0.39, 0.29) is 24.0 Å². The third-order valence-corrected chi connectivity index (χ3v) is 6.94. The highest BCUT2D eigenvalue weighted by Crippen LogP contribution is 2.24. The van der Waals surface area contributed by atoms with Gasteiger partial charge in [0.05, 0.1) is 11.5 Å². The Balaban J connectivity index is 1.83. The van der Waals surface area contributed by atoms with Crippen LogP contribution in [-0.2, 0) is 21.2 Å². The molecule has 2 atom stereocenters. The highest BCUT2D eigenvalue weighted by molar-refractivity contribution is 7.91. The molecule has 1 heterocycles. The molecule has 0 spiro atoms. The third-order valence-electron chi connectivity index (χ3n) is 4.94. The smallest absolute Gasteiger partial charge is 0.264 e. The van der Waals surface area contributed by atoms with Gasteiger partial charge < -0.3 is 9.64 Å². The Labute approximate surface area is 175 Å². The number of ether oxygens (including phenoxy) is 1. The lowest BCUT2D eigenvalue weighted by molar-refractivity contribution is -0.141. The molecule has 0 saturated carbocycles. The van der Waals surface area contributed by atoms with Crippen LogP contribution in [0, 0.1) is 5.82 Å².